The van der Waals surface area contributed by atoms with Crippen LogP contribution in [0.5, 0.6) is 5.75 Å². The van der Waals surface area contributed by atoms with Crippen LogP contribution in [0.3, 0.4) is 0 Å². The molecule has 1 atom stereocenters. The Morgan fingerprint density at radius 3 is 2.36 bits per heavy atom. The smallest absolute Gasteiger partial charge is 0.264 e. The first-order valence-corrected chi connectivity index (χ1v) is 14.4. The van der Waals surface area contributed by atoms with Crippen LogP contribution in [0.1, 0.15) is 31.4 Å². The van der Waals surface area contributed by atoms with Crippen LogP contribution in [0.25, 0.3) is 0 Å². The molecule has 0 aliphatic carbocycles. The van der Waals surface area contributed by atoms with Crippen molar-refractivity contribution < 1.29 is 22.7 Å². The summed E-state index contributed by atoms with van der Waals surface area (Å²) in [4.78, 5) is 28.2. The SMILES string of the molecule is CCCNC(=O)[C@H](C)N(Cc1cccc(Cl)c1)C(=O)CN(c1cccc(OC)c1)S(=O)(=O)c1ccc(C)cc1. The van der Waals surface area contributed by atoms with Crippen LogP contribution >= 0.6 is 11.6 Å². The molecule has 0 aromatic heterocycles. The first-order chi connectivity index (χ1) is 18.6. The minimum absolute atomic E-state index is 0.0406. The molecule has 8 nitrogen and oxygen atoms in total. The third kappa shape index (κ3) is 7.74. The molecule has 3 rings (SSSR count). The number of sulfonamides is 1. The molecule has 0 unspecified atom stereocenters. The highest BCUT2D eigenvalue weighted by Gasteiger charge is 2.32. The van der Waals surface area contributed by atoms with E-state index in [1.54, 1.807) is 67.6 Å². The van der Waals surface area contributed by atoms with Gasteiger partial charge in [0.05, 0.1) is 17.7 Å². The maximum Gasteiger partial charge on any atom is 0.264 e. The molecule has 2 amide bonds. The number of ether oxygens (including phenoxy) is 1. The average Bonchev–Trinajstić information content (AvgIpc) is 2.93. The number of aryl methyl sites for hydroxylation is 1. The Morgan fingerprint density at radius 2 is 1.72 bits per heavy atom. The van der Waals surface area contributed by atoms with E-state index >= 15 is 0 Å². The zero-order valence-corrected chi connectivity index (χ0v) is 24.1. The van der Waals surface area contributed by atoms with E-state index in [9.17, 15) is 18.0 Å². The molecule has 0 aliphatic rings. The predicted molar refractivity (Wildman–Crippen MR) is 153 cm³/mol. The summed E-state index contributed by atoms with van der Waals surface area (Å²) in [5.74, 6) is -0.443. The second-order valence-corrected chi connectivity index (χ2v) is 11.4. The number of hydrogen-bond donors (Lipinski definition) is 1. The van der Waals surface area contributed by atoms with E-state index in [-0.39, 0.29) is 23.0 Å². The largest absolute Gasteiger partial charge is 0.497 e. The lowest BCUT2D eigenvalue weighted by atomic mass is 10.1. The molecule has 3 aromatic carbocycles. The number of methoxy groups -OCH3 is 1. The van der Waals surface area contributed by atoms with Gasteiger partial charge in [0.2, 0.25) is 11.8 Å². The molecule has 0 aliphatic heterocycles. The Kier molecular flexibility index (Phi) is 10.4. The second kappa shape index (κ2) is 13.5. The van der Waals surface area contributed by atoms with Crippen LogP contribution in [0.4, 0.5) is 5.69 Å². The number of benzene rings is 3. The third-order valence-electron chi connectivity index (χ3n) is 6.19. The van der Waals surface area contributed by atoms with Crippen molar-refractivity contribution in [2.75, 3.05) is 24.5 Å². The summed E-state index contributed by atoms with van der Waals surface area (Å²) >= 11 is 6.17. The number of nitrogens with zero attached hydrogens (tertiary/aromatic N) is 2. The maximum atomic E-state index is 13.9. The maximum absolute atomic E-state index is 13.9. The minimum Gasteiger partial charge on any atom is -0.497 e. The lowest BCUT2D eigenvalue weighted by Crippen LogP contribution is -2.51. The van der Waals surface area contributed by atoms with Crippen LogP contribution in [-0.4, -0.2) is 51.4 Å². The summed E-state index contributed by atoms with van der Waals surface area (Å²) in [6.45, 7) is 5.41. The van der Waals surface area contributed by atoms with Crippen molar-refractivity contribution in [3.8, 4) is 5.75 Å². The number of anilines is 1. The molecule has 0 saturated heterocycles. The zero-order chi connectivity index (χ0) is 28.6. The molecule has 0 radical (unpaired) electrons. The van der Waals surface area contributed by atoms with Crippen LogP contribution < -0.4 is 14.4 Å². The molecule has 0 bridgehead atoms. The van der Waals surface area contributed by atoms with E-state index in [4.69, 9.17) is 16.3 Å². The van der Waals surface area contributed by atoms with E-state index < -0.39 is 28.5 Å². The highest BCUT2D eigenvalue weighted by Crippen LogP contribution is 2.28. The molecule has 0 saturated carbocycles. The highest BCUT2D eigenvalue weighted by molar-refractivity contribution is 7.92. The summed E-state index contributed by atoms with van der Waals surface area (Å²) in [5.41, 5.74) is 1.87. The number of rotatable bonds is 12. The van der Waals surface area contributed by atoms with Crippen molar-refractivity contribution in [2.24, 2.45) is 0 Å². The third-order valence-corrected chi connectivity index (χ3v) is 8.21. The number of carbonyl (C=O) groups excluding carboxylic acids is 2. The van der Waals surface area contributed by atoms with Gasteiger partial charge < -0.3 is 15.0 Å². The van der Waals surface area contributed by atoms with E-state index in [0.717, 1.165) is 16.3 Å². The number of amides is 2. The van der Waals surface area contributed by atoms with Gasteiger partial charge in [0.1, 0.15) is 18.3 Å². The Balaban J connectivity index is 2.04. The van der Waals surface area contributed by atoms with Crippen molar-refractivity contribution in [3.05, 3.63) is 88.9 Å². The first kappa shape index (κ1) is 30.0. The van der Waals surface area contributed by atoms with Crippen LogP contribution in [0.15, 0.2) is 77.7 Å². The molecular weight excluding hydrogens is 538 g/mol. The summed E-state index contributed by atoms with van der Waals surface area (Å²) < 4.78 is 34.1. The first-order valence-electron chi connectivity index (χ1n) is 12.6. The standard InChI is InChI=1S/C29H34ClN3O5S/c1-5-16-31-29(35)22(3)32(19-23-8-6-9-24(30)17-23)28(34)20-33(25-10-7-11-26(18-25)38-4)39(36,37)27-14-12-21(2)13-15-27/h6-15,17-18,22H,5,16,19-20H2,1-4H3,(H,31,35)/t22-/m0/s1. The highest BCUT2D eigenvalue weighted by atomic mass is 35.5. The molecule has 0 spiro atoms. The fraction of sp³-hybridized carbons (Fsp3) is 0.310. The van der Waals surface area contributed by atoms with E-state index in [1.807, 2.05) is 13.8 Å². The Bertz CT molecular complexity index is 1400. The number of nitrogens with one attached hydrogen (secondary N) is 1. The van der Waals surface area contributed by atoms with Crippen molar-refractivity contribution in [1.82, 2.24) is 10.2 Å². The quantitative estimate of drug-likeness (QED) is 0.337. The number of carbonyl (C=O) groups is 2. The molecule has 0 heterocycles. The Hall–Kier alpha value is -3.56. The molecule has 0 fully saturated rings. The lowest BCUT2D eigenvalue weighted by molar-refractivity contribution is -0.139. The monoisotopic (exact) mass is 571 g/mol. The molecule has 3 aromatic rings. The molecule has 39 heavy (non-hydrogen) atoms. The number of hydrogen-bond acceptors (Lipinski definition) is 5. The lowest BCUT2D eigenvalue weighted by Gasteiger charge is -2.32. The topological polar surface area (TPSA) is 96.0 Å². The molecule has 10 heteroatoms. The van der Waals surface area contributed by atoms with Gasteiger partial charge in [-0.05, 0) is 62.2 Å². The fourth-order valence-corrected chi connectivity index (χ4v) is 5.56. The van der Waals surface area contributed by atoms with Crippen molar-refractivity contribution in [1.29, 1.82) is 0 Å². The van der Waals surface area contributed by atoms with Gasteiger partial charge in [0, 0.05) is 24.2 Å². The zero-order valence-electron chi connectivity index (χ0n) is 22.6. The van der Waals surface area contributed by atoms with Gasteiger partial charge in [-0.2, -0.15) is 0 Å². The fourth-order valence-electron chi connectivity index (χ4n) is 3.94. The summed E-state index contributed by atoms with van der Waals surface area (Å²) in [6.07, 6.45) is 0.735. The minimum atomic E-state index is -4.16. The van der Waals surface area contributed by atoms with Gasteiger partial charge >= 0.3 is 0 Å². The van der Waals surface area contributed by atoms with Gasteiger partial charge in [0.15, 0.2) is 0 Å². The Labute approximate surface area is 235 Å². The molecule has 1 N–H and O–H groups in total. The van der Waals surface area contributed by atoms with Crippen LogP contribution in [0, 0.1) is 6.92 Å². The summed E-state index contributed by atoms with van der Waals surface area (Å²) in [7, 11) is -2.68. The van der Waals surface area contributed by atoms with Gasteiger partial charge in [-0.25, -0.2) is 8.42 Å². The normalized spacial score (nSPS) is 11.9. The number of halogens is 1. The molecular formula is C29H34ClN3O5S. The van der Waals surface area contributed by atoms with Crippen LogP contribution in [-0.2, 0) is 26.2 Å². The van der Waals surface area contributed by atoms with Gasteiger partial charge in [-0.3, -0.25) is 13.9 Å². The van der Waals surface area contributed by atoms with E-state index in [0.29, 0.717) is 22.9 Å². The van der Waals surface area contributed by atoms with Crippen molar-refractivity contribution in [2.45, 2.75) is 44.7 Å². The van der Waals surface area contributed by atoms with Gasteiger partial charge in [-0.1, -0.05) is 54.4 Å². The summed E-state index contributed by atoms with van der Waals surface area (Å²) in [5, 5.41) is 3.31. The van der Waals surface area contributed by atoms with Crippen molar-refractivity contribution in [3.63, 3.8) is 0 Å². The van der Waals surface area contributed by atoms with E-state index in [2.05, 4.69) is 5.32 Å². The van der Waals surface area contributed by atoms with Gasteiger partial charge in [-0.15, -0.1) is 0 Å². The summed E-state index contributed by atoms with van der Waals surface area (Å²) in [6, 6.07) is 19.0. The van der Waals surface area contributed by atoms with Crippen LogP contribution in [0.2, 0.25) is 5.02 Å². The predicted octanol–water partition coefficient (Wildman–Crippen LogP) is 4.80. The van der Waals surface area contributed by atoms with Gasteiger partial charge in [0.25, 0.3) is 10.0 Å². The molecule has 208 valence electrons. The second-order valence-electron chi connectivity index (χ2n) is 9.14. The van der Waals surface area contributed by atoms with E-state index in [1.165, 1.54) is 24.1 Å². The Morgan fingerprint density at radius 1 is 1.03 bits per heavy atom. The average molecular weight is 572 g/mol. The van der Waals surface area contributed by atoms with Crippen molar-refractivity contribution >= 4 is 39.1 Å².